The number of aliphatic carboxylic acids is 1. The first kappa shape index (κ1) is 23.1. The van der Waals surface area contributed by atoms with Gasteiger partial charge in [-0.1, -0.05) is 7.43 Å². The zero-order valence-corrected chi connectivity index (χ0v) is 17.4. The Morgan fingerprint density at radius 1 is 1.31 bits per heavy atom. The van der Waals surface area contributed by atoms with Crippen LogP contribution in [0.2, 0.25) is 0 Å². The fraction of sp³-hybridized carbons (Fsp3) is 0.722. The molecule has 8 heteroatoms. The van der Waals surface area contributed by atoms with Crippen LogP contribution in [0.5, 0.6) is 5.88 Å². The van der Waals surface area contributed by atoms with Gasteiger partial charge >= 0.3 is 29.6 Å². The average molecular weight is 373 g/mol. The first-order valence-electron chi connectivity index (χ1n) is 8.54. The quantitative estimate of drug-likeness (QED) is 0.560. The molecule has 140 valence electrons. The Morgan fingerprint density at radius 2 is 1.92 bits per heavy atom. The number of aryl methyl sites for hydroxylation is 1. The van der Waals surface area contributed by atoms with E-state index in [2.05, 4.69) is 28.7 Å². The van der Waals surface area contributed by atoms with Crippen LogP contribution >= 0.6 is 0 Å². The van der Waals surface area contributed by atoms with Gasteiger partial charge in [0.05, 0.1) is 18.2 Å². The summed E-state index contributed by atoms with van der Waals surface area (Å²) < 4.78 is 11.5. The number of carboxylic acids is 1. The molecule has 0 atom stereocenters. The Kier molecular flexibility index (Phi) is 8.33. The minimum Gasteiger partial charge on any atom is -0.546 e. The predicted molar refractivity (Wildman–Crippen MR) is 92.6 cm³/mol. The normalized spacial score (nSPS) is 18.7. The molecule has 1 aliphatic heterocycles. The number of carbonyl (C=O) groups is 1. The van der Waals surface area contributed by atoms with Crippen LogP contribution in [0.25, 0.3) is 0 Å². The maximum Gasteiger partial charge on any atom is 1.00 e. The molecule has 0 unspecified atom stereocenters. The van der Waals surface area contributed by atoms with Crippen LogP contribution in [0.4, 0.5) is 5.82 Å². The number of piperidine rings is 1. The van der Waals surface area contributed by atoms with Crippen molar-refractivity contribution >= 4 is 11.8 Å². The van der Waals surface area contributed by atoms with E-state index in [0.29, 0.717) is 24.5 Å². The average Bonchev–Trinajstić information content (AvgIpc) is 3.27. The molecule has 3 rings (SSSR count). The van der Waals surface area contributed by atoms with E-state index in [1.807, 2.05) is 0 Å². The van der Waals surface area contributed by atoms with E-state index in [4.69, 9.17) is 9.47 Å². The van der Waals surface area contributed by atoms with Crippen molar-refractivity contribution in [1.29, 1.82) is 0 Å². The monoisotopic (exact) mass is 373 g/mol. The molecule has 2 fully saturated rings. The summed E-state index contributed by atoms with van der Waals surface area (Å²) in [6.45, 7) is 7.57. The van der Waals surface area contributed by atoms with Crippen LogP contribution < -0.4 is 44.3 Å². The summed E-state index contributed by atoms with van der Waals surface area (Å²) in [4.78, 5) is 22.0. The number of nitrogens with zero attached hydrogens (tertiary/aromatic N) is 3. The third-order valence-electron chi connectivity index (χ3n) is 4.41. The Hall–Kier alpha value is -0.890. The maximum absolute atomic E-state index is 11.2. The molecule has 2 aliphatic rings. The molecule has 7 nitrogen and oxygen atoms in total. The fourth-order valence-electron chi connectivity index (χ4n) is 3.01. The van der Waals surface area contributed by atoms with Gasteiger partial charge in [-0.2, -0.15) is 4.98 Å². The molecule has 0 aromatic carbocycles. The number of anilines is 1. The van der Waals surface area contributed by atoms with Crippen molar-refractivity contribution in [3.05, 3.63) is 11.9 Å². The fourth-order valence-corrected chi connectivity index (χ4v) is 3.01. The maximum atomic E-state index is 11.2. The van der Waals surface area contributed by atoms with E-state index in [-0.39, 0.29) is 49.2 Å². The first-order valence-corrected chi connectivity index (χ1v) is 8.54. The van der Waals surface area contributed by atoms with Crippen LogP contribution in [-0.2, 0) is 9.53 Å². The largest absolute Gasteiger partial charge is 1.00 e. The van der Waals surface area contributed by atoms with Gasteiger partial charge in [0, 0.05) is 19.2 Å². The Morgan fingerprint density at radius 3 is 2.42 bits per heavy atom. The molecule has 0 amide bonds. The predicted octanol–water partition coefficient (Wildman–Crippen LogP) is -1.52. The molecular formula is C18H28N3NaO4. The van der Waals surface area contributed by atoms with Crippen LogP contribution in [0.1, 0.15) is 52.8 Å². The van der Waals surface area contributed by atoms with Crippen molar-refractivity contribution in [2.45, 2.75) is 71.7 Å². The Balaban J connectivity index is 0.00000169. The SMILES string of the molecule is C.Cc1nc(OC2(C(=O)[O-])CC2)cc(N2CCC(OC(C)C)CC2)n1.[Na+]. The zero-order valence-electron chi connectivity index (χ0n) is 15.4. The van der Waals surface area contributed by atoms with Gasteiger partial charge in [-0.15, -0.1) is 0 Å². The van der Waals surface area contributed by atoms with E-state index in [1.54, 1.807) is 13.0 Å². The first-order chi connectivity index (χ1) is 11.4. The third kappa shape index (κ3) is 5.55. The minimum atomic E-state index is -1.20. The molecule has 1 aromatic heterocycles. The van der Waals surface area contributed by atoms with Gasteiger partial charge in [0.15, 0.2) is 5.60 Å². The molecule has 1 saturated carbocycles. The van der Waals surface area contributed by atoms with Crippen LogP contribution in [0.3, 0.4) is 0 Å². The summed E-state index contributed by atoms with van der Waals surface area (Å²) in [6, 6.07) is 1.72. The van der Waals surface area contributed by atoms with Crippen molar-refractivity contribution in [3.8, 4) is 5.88 Å². The number of rotatable bonds is 6. The van der Waals surface area contributed by atoms with Crippen molar-refractivity contribution in [2.75, 3.05) is 18.0 Å². The Bertz CT molecular complexity index is 614. The molecule has 0 N–H and O–H groups in total. The summed E-state index contributed by atoms with van der Waals surface area (Å²) in [6.07, 6.45) is 3.34. The summed E-state index contributed by atoms with van der Waals surface area (Å²) in [5, 5.41) is 11.2. The standard InChI is InChI=1S/C17H25N3O4.CH4.Na/c1-11(2)23-13-4-8-20(9-5-13)14-10-15(19-12(3)18-14)24-17(6-7-17)16(21)22;;/h10-11,13H,4-9H2,1-3H3,(H,21,22);1H4;/q;;+1/p-1. The van der Waals surface area contributed by atoms with Gasteiger partial charge in [-0.05, 0) is 46.5 Å². The number of carboxylic acid groups (broad SMARTS) is 1. The minimum absolute atomic E-state index is 0. The van der Waals surface area contributed by atoms with E-state index in [0.717, 1.165) is 31.7 Å². The number of hydrogen-bond donors (Lipinski definition) is 0. The zero-order chi connectivity index (χ0) is 17.3. The van der Waals surface area contributed by atoms with E-state index >= 15 is 0 Å². The van der Waals surface area contributed by atoms with Crippen molar-refractivity contribution in [2.24, 2.45) is 0 Å². The summed E-state index contributed by atoms with van der Waals surface area (Å²) >= 11 is 0. The number of ether oxygens (including phenoxy) is 2. The molecule has 1 saturated heterocycles. The molecular weight excluding hydrogens is 345 g/mol. The summed E-state index contributed by atoms with van der Waals surface area (Å²) in [5.74, 6) is 0.471. The van der Waals surface area contributed by atoms with E-state index < -0.39 is 11.6 Å². The molecule has 0 bridgehead atoms. The van der Waals surface area contributed by atoms with Crippen LogP contribution in [-0.4, -0.2) is 46.8 Å². The van der Waals surface area contributed by atoms with Crippen molar-refractivity contribution in [3.63, 3.8) is 0 Å². The molecule has 0 radical (unpaired) electrons. The van der Waals surface area contributed by atoms with E-state index in [9.17, 15) is 9.90 Å². The van der Waals surface area contributed by atoms with Crippen molar-refractivity contribution < 1.29 is 48.9 Å². The topological polar surface area (TPSA) is 87.6 Å². The second-order valence-corrected chi connectivity index (χ2v) is 6.87. The second-order valence-electron chi connectivity index (χ2n) is 6.87. The number of hydrogen-bond acceptors (Lipinski definition) is 7. The van der Waals surface area contributed by atoms with Gasteiger partial charge in [0.2, 0.25) is 5.88 Å². The summed E-state index contributed by atoms with van der Waals surface area (Å²) in [5.41, 5.74) is -1.20. The second kappa shape index (κ2) is 9.35. The molecule has 1 aliphatic carbocycles. The van der Waals surface area contributed by atoms with Gasteiger partial charge in [0.1, 0.15) is 11.6 Å². The third-order valence-corrected chi connectivity index (χ3v) is 4.41. The van der Waals surface area contributed by atoms with Crippen LogP contribution in [0.15, 0.2) is 6.07 Å². The van der Waals surface area contributed by atoms with Gasteiger partial charge in [0.25, 0.3) is 0 Å². The van der Waals surface area contributed by atoms with Crippen LogP contribution in [0, 0.1) is 6.92 Å². The van der Waals surface area contributed by atoms with Gasteiger partial charge in [-0.25, -0.2) is 4.98 Å². The molecule has 1 aromatic rings. The summed E-state index contributed by atoms with van der Waals surface area (Å²) in [7, 11) is 0. The smallest absolute Gasteiger partial charge is 0.546 e. The number of aromatic nitrogens is 2. The van der Waals surface area contributed by atoms with Gasteiger partial charge in [-0.3, -0.25) is 0 Å². The molecule has 0 spiro atoms. The molecule has 2 heterocycles. The van der Waals surface area contributed by atoms with Gasteiger partial charge < -0.3 is 24.3 Å². The van der Waals surface area contributed by atoms with Crippen molar-refractivity contribution in [1.82, 2.24) is 9.97 Å². The number of carbonyl (C=O) groups excluding carboxylic acids is 1. The molecule has 26 heavy (non-hydrogen) atoms. The van der Waals surface area contributed by atoms with E-state index in [1.165, 1.54) is 0 Å². The Labute approximate surface area is 177 Å².